The van der Waals surface area contributed by atoms with Gasteiger partial charge in [0.25, 0.3) is 91.1 Å². The predicted octanol–water partition coefficient (Wildman–Crippen LogP) is -20.4. The van der Waals surface area contributed by atoms with Gasteiger partial charge < -0.3 is 0 Å². The van der Waals surface area contributed by atoms with E-state index in [-0.39, 0.29) is 303 Å². The molecule has 0 unspecified atom stereocenters. The van der Waals surface area contributed by atoms with E-state index in [2.05, 4.69) is 0 Å². The van der Waals surface area contributed by atoms with Crippen molar-refractivity contribution in [1.29, 1.82) is 0 Å². The Morgan fingerprint density at radius 2 is 0.206 bits per heavy atom. The summed E-state index contributed by atoms with van der Waals surface area (Å²) >= 11 is 0. The van der Waals surface area contributed by atoms with Gasteiger partial charge in [-0.05, 0) is 181 Å². The first-order valence-electron chi connectivity index (χ1n) is 24.9. The molecule has 0 saturated heterocycles. The fraction of sp³-hybridized carbons (Fsp3) is 0. The Bertz CT molecular complexity index is 4290. The van der Waals surface area contributed by atoms with Crippen LogP contribution < -0.4 is 284 Å². The summed E-state index contributed by atoms with van der Waals surface area (Å²) in [6, 6.07) is 48.3. The quantitative estimate of drug-likeness (QED) is 0.0219. The van der Waals surface area contributed by atoms with Crippen LogP contribution in [0, 0.1) is 0 Å². The van der Waals surface area contributed by atoms with Gasteiger partial charge in [-0.1, -0.05) is 109 Å². The van der Waals surface area contributed by atoms with E-state index in [0.29, 0.717) is 47.7 Å². The van der Waals surface area contributed by atoms with Crippen LogP contribution in [0.15, 0.2) is 262 Å². The standard InChI is InChI=1S/3C18H15O9PS3.Au.8Na/c3*19-29(20,21)16-7-1-13(2-8-16)28(14-3-9-17(10-4-14)30(22,23)24)15-5-11-18(12-6-15)31(25,26)27;;;;;;;;;/h3*1-12H,(H,19,20,21)(H,22,23,24)(H,25,26,27);;;;;;;;;/q;;;+3;8*+1. The summed E-state index contributed by atoms with van der Waals surface area (Å²) in [7, 11) is -43.9. The molecule has 0 spiro atoms. The van der Waals surface area contributed by atoms with Crippen LogP contribution in [0.5, 0.6) is 0 Å². The second kappa shape index (κ2) is 44.8. The van der Waals surface area contributed by atoms with Gasteiger partial charge in [-0.2, -0.15) is 75.8 Å². The van der Waals surface area contributed by atoms with Crippen molar-refractivity contribution in [1.82, 2.24) is 0 Å². The molecule has 0 amide bonds. The maximum absolute atomic E-state index is 11.3. The van der Waals surface area contributed by atoms with Crippen molar-refractivity contribution in [2.75, 3.05) is 0 Å². The van der Waals surface area contributed by atoms with Crippen LogP contribution in [0.2, 0.25) is 0 Å². The van der Waals surface area contributed by atoms with Gasteiger partial charge in [0.1, 0.15) is 0 Å². The van der Waals surface area contributed by atoms with E-state index < -0.39 is 115 Å². The maximum atomic E-state index is 11.3. The van der Waals surface area contributed by atoms with Gasteiger partial charge in [0, 0.05) is 0 Å². The van der Waals surface area contributed by atoms with Crippen molar-refractivity contribution >= 4 is 163 Å². The minimum absolute atomic E-state index is 0. The molecule has 9 N–H and O–H groups in total. The summed E-state index contributed by atoms with van der Waals surface area (Å²) < 4.78 is 286. The van der Waals surface area contributed by atoms with Crippen molar-refractivity contribution in [3.8, 4) is 0 Å². The number of rotatable bonds is 18. The Labute approximate surface area is 786 Å². The molecule has 102 heavy (non-hydrogen) atoms. The monoisotopic (exact) mass is 1890 g/mol. The maximum Gasteiger partial charge on any atom is 3.00 e. The van der Waals surface area contributed by atoms with Gasteiger partial charge in [0.2, 0.25) is 0 Å². The zero-order chi connectivity index (χ0) is 69.1. The first-order chi connectivity index (χ1) is 42.8. The molecule has 48 heteroatoms. The van der Waals surface area contributed by atoms with Crippen LogP contribution in [-0.4, -0.2) is 117 Å². The Hall–Kier alpha value is 2.20. The van der Waals surface area contributed by atoms with Crippen LogP contribution >= 0.6 is 23.8 Å². The molecule has 27 nitrogen and oxygen atoms in total. The van der Waals surface area contributed by atoms with Gasteiger partial charge in [0.15, 0.2) is 0 Å². The minimum atomic E-state index is -4.40. The Morgan fingerprint density at radius 1 is 0.147 bits per heavy atom. The first-order valence-corrected chi connectivity index (χ1v) is 41.9. The molecule has 0 bridgehead atoms. The Morgan fingerprint density at radius 3 is 0.255 bits per heavy atom. The molecule has 0 atom stereocenters. The van der Waals surface area contributed by atoms with Crippen molar-refractivity contribution in [2.24, 2.45) is 0 Å². The van der Waals surface area contributed by atoms with Crippen LogP contribution in [0.3, 0.4) is 0 Å². The van der Waals surface area contributed by atoms with E-state index in [0.717, 1.165) is 0 Å². The second-order valence-corrected chi connectivity index (χ2v) is 38.2. The summed E-state index contributed by atoms with van der Waals surface area (Å²) in [5.41, 5.74) is 0. The Balaban J connectivity index is -0.00000138. The molecule has 0 aliphatic rings. The molecular weight excluding hydrogens is 1840 g/mol. The fourth-order valence-electron chi connectivity index (χ4n) is 8.25. The van der Waals surface area contributed by atoms with Crippen molar-refractivity contribution in [3.05, 3.63) is 218 Å². The van der Waals surface area contributed by atoms with E-state index in [9.17, 15) is 117 Å². The fourth-order valence-corrected chi connectivity index (χ4v) is 19.3. The summed E-state index contributed by atoms with van der Waals surface area (Å²) in [5.74, 6) is 0. The first kappa shape index (κ1) is 108. The van der Waals surface area contributed by atoms with E-state index in [1.807, 2.05) is 0 Å². The predicted molar refractivity (Wildman–Crippen MR) is 344 cm³/mol. The molecule has 500 valence electrons. The molecule has 9 aromatic carbocycles. The topological polar surface area (TPSA) is 489 Å². The molecular formula is C54H45AuNa8O27P3S9+11. The van der Waals surface area contributed by atoms with Gasteiger partial charge in [-0.3, -0.25) is 41.0 Å². The molecule has 0 saturated carbocycles. The summed E-state index contributed by atoms with van der Waals surface area (Å²) in [6.45, 7) is 0. The zero-order valence-corrected chi connectivity index (χ0v) is 82.7. The smallest absolute Gasteiger partial charge is 0.282 e. The number of hydrogen-bond donors (Lipinski definition) is 9. The van der Waals surface area contributed by atoms with Gasteiger partial charge >= 0.3 is 259 Å². The van der Waals surface area contributed by atoms with Gasteiger partial charge in [-0.15, -0.1) is 0 Å². The summed E-state index contributed by atoms with van der Waals surface area (Å²) in [5, 5.41) is 5.51. The van der Waals surface area contributed by atoms with Crippen molar-refractivity contribution in [2.45, 2.75) is 44.1 Å². The normalized spacial score (nSPS) is 11.6. The third-order valence-corrected chi connectivity index (χ3v) is 27.7. The summed E-state index contributed by atoms with van der Waals surface area (Å²) in [6.07, 6.45) is 0. The average Bonchev–Trinajstić information content (AvgIpc) is 0.800. The van der Waals surface area contributed by atoms with Gasteiger partial charge in [-0.25, -0.2) is 0 Å². The van der Waals surface area contributed by atoms with Crippen LogP contribution in [0.25, 0.3) is 0 Å². The molecule has 9 rings (SSSR count). The largest absolute Gasteiger partial charge is 3.00 e. The van der Waals surface area contributed by atoms with E-state index in [1.54, 1.807) is 0 Å². The van der Waals surface area contributed by atoms with Crippen LogP contribution in [0.4, 0.5) is 0 Å². The van der Waals surface area contributed by atoms with Crippen LogP contribution in [0.1, 0.15) is 0 Å². The average molecular weight is 1890 g/mol. The number of benzene rings is 9. The molecule has 0 fully saturated rings. The third-order valence-electron chi connectivity index (χ3n) is 12.5. The Kier molecular flexibility index (Phi) is 47.5. The molecule has 0 aromatic heterocycles. The van der Waals surface area contributed by atoms with E-state index in [4.69, 9.17) is 0 Å². The van der Waals surface area contributed by atoms with E-state index >= 15 is 0 Å². The number of hydrogen-bond acceptors (Lipinski definition) is 18. The SMILES string of the molecule is O=S(=O)(O)c1ccc(P(c2ccc(S(=O)(=O)O)cc2)c2ccc(S(=O)(=O)O)cc2)cc1.O=S(=O)(O)c1ccc(P(c2ccc(S(=O)(=O)O)cc2)c2ccc(S(=O)(=O)O)cc2)cc1.O=S(=O)(O)c1ccc(P(c2ccc(S(=O)(=O)O)cc2)c2ccc(S(=O)(=O)O)cc2)cc1.[Au+3].[Na+].[Na+].[Na+].[Na+].[Na+].[Na+].[Na+].[Na+]. The second-order valence-electron chi connectivity index (χ2n) is 18.7. The molecule has 0 aliphatic carbocycles. The molecule has 0 aliphatic heterocycles. The van der Waals surface area contributed by atoms with Crippen molar-refractivity contribution in [3.63, 3.8) is 0 Å². The molecule has 0 heterocycles. The third kappa shape index (κ3) is 31.5. The summed E-state index contributed by atoms with van der Waals surface area (Å²) in [4.78, 5) is -2.79. The van der Waals surface area contributed by atoms with Gasteiger partial charge in [0.05, 0.1) is 44.1 Å². The molecule has 0 radical (unpaired) electrons. The van der Waals surface area contributed by atoms with Crippen LogP contribution in [-0.2, 0) is 113 Å². The minimum Gasteiger partial charge on any atom is -0.282 e. The van der Waals surface area contributed by atoms with E-state index in [1.165, 1.54) is 218 Å². The molecule has 9 aromatic rings. The van der Waals surface area contributed by atoms with Crippen molar-refractivity contribution < 1.29 is 376 Å². The zero-order valence-electron chi connectivity index (χ0n) is 54.5.